The van der Waals surface area contributed by atoms with Gasteiger partial charge in [-0.05, 0) is 53.9 Å². The van der Waals surface area contributed by atoms with Crippen LogP contribution >= 0.6 is 0 Å². The van der Waals surface area contributed by atoms with Crippen LogP contribution in [0.4, 0.5) is 0 Å². The lowest BCUT2D eigenvalue weighted by molar-refractivity contribution is 1.08. The van der Waals surface area contributed by atoms with Gasteiger partial charge in [0.1, 0.15) is 5.82 Å². The van der Waals surface area contributed by atoms with Gasteiger partial charge in [-0.25, -0.2) is 15.0 Å². The molecule has 5 nitrogen and oxygen atoms in total. The number of benzene rings is 6. The number of rotatable bonds is 3. The van der Waals surface area contributed by atoms with Gasteiger partial charge in [-0.2, -0.15) is 0 Å². The average Bonchev–Trinajstić information content (AvgIpc) is 3.64. The van der Waals surface area contributed by atoms with E-state index in [-0.39, 0.29) is 0 Å². The second-order valence-electron chi connectivity index (χ2n) is 12.4. The van der Waals surface area contributed by atoms with Crippen molar-refractivity contribution in [3.8, 4) is 28.3 Å². The molecule has 0 N–H and O–H groups in total. The Morgan fingerprint density at radius 3 is 1.77 bits per heavy atom. The molecule has 5 aromatic heterocycles. The lowest BCUT2D eigenvalue weighted by Gasteiger charge is -2.12. The summed E-state index contributed by atoms with van der Waals surface area (Å²) in [7, 11) is 0. The first-order valence-electron chi connectivity index (χ1n) is 16.2. The van der Waals surface area contributed by atoms with Crippen molar-refractivity contribution in [1.82, 2.24) is 23.9 Å². The molecular weight excluding hydrogens is 587 g/mol. The number of hydrogen-bond acceptors (Lipinski definition) is 3. The van der Waals surface area contributed by atoms with Crippen molar-refractivity contribution in [2.75, 3.05) is 0 Å². The Bertz CT molecular complexity index is 3040. The Kier molecular flexibility index (Phi) is 5.05. The molecule has 0 unspecified atom stereocenters. The fraction of sp³-hybridized carbons (Fsp3) is 0. The Hall–Kier alpha value is -6.59. The summed E-state index contributed by atoms with van der Waals surface area (Å²) >= 11 is 0. The van der Waals surface area contributed by atoms with E-state index in [2.05, 4.69) is 112 Å². The zero-order valence-corrected chi connectivity index (χ0v) is 25.7. The van der Waals surface area contributed by atoms with Crippen LogP contribution in [0, 0.1) is 0 Å². The molecular formula is C43H25N5. The Morgan fingerprint density at radius 1 is 0.396 bits per heavy atom. The molecule has 0 bridgehead atoms. The summed E-state index contributed by atoms with van der Waals surface area (Å²) in [4.78, 5) is 15.3. The predicted octanol–water partition coefficient (Wildman–Crippen LogP) is 10.6. The molecule has 0 aliphatic rings. The smallest absolute Gasteiger partial charge is 0.137 e. The third-order valence-electron chi connectivity index (χ3n) is 9.89. The van der Waals surface area contributed by atoms with E-state index in [4.69, 9.17) is 15.0 Å². The molecule has 0 aliphatic heterocycles. The zero-order chi connectivity index (χ0) is 31.3. The molecule has 6 aromatic carbocycles. The molecule has 0 radical (unpaired) electrons. The van der Waals surface area contributed by atoms with E-state index in [0.29, 0.717) is 0 Å². The van der Waals surface area contributed by atoms with Crippen LogP contribution < -0.4 is 0 Å². The SMILES string of the molecule is c1ccc(-c2nc3ccccc3nc2-c2ccc(-n3c4cccc5c6cccc7c8ccccc8n(c8cccc3c8c54)c67)nc2)cc1. The van der Waals surface area contributed by atoms with Gasteiger partial charge in [-0.3, -0.25) is 4.57 Å². The molecule has 5 heteroatoms. The molecule has 48 heavy (non-hydrogen) atoms. The molecule has 0 fully saturated rings. The van der Waals surface area contributed by atoms with Crippen molar-refractivity contribution in [2.24, 2.45) is 0 Å². The highest BCUT2D eigenvalue weighted by Crippen LogP contribution is 2.44. The van der Waals surface area contributed by atoms with Crippen LogP contribution in [-0.2, 0) is 0 Å². The van der Waals surface area contributed by atoms with Crippen molar-refractivity contribution in [3.05, 3.63) is 152 Å². The zero-order valence-electron chi connectivity index (χ0n) is 25.7. The molecule has 0 saturated carbocycles. The van der Waals surface area contributed by atoms with Crippen LogP contribution in [0.15, 0.2) is 152 Å². The second kappa shape index (κ2) is 9.47. The Labute approximate surface area is 274 Å². The standard InChI is InChI=1S/C43H25N5/c1-2-11-26(12-3-1)41-42(46-33-18-6-5-17-32(33)45-41)27-23-24-38(44-25-27)47-35-20-9-14-29-31-16-8-15-30-28-13-4-7-19-34(28)48(43(30)31)37-22-10-21-36(47)40(37)39(29)35/h1-25H. The fourth-order valence-electron chi connectivity index (χ4n) is 7.89. The molecule has 0 amide bonds. The summed E-state index contributed by atoms with van der Waals surface area (Å²) in [6.45, 7) is 0. The first-order valence-corrected chi connectivity index (χ1v) is 16.2. The van der Waals surface area contributed by atoms with E-state index in [1.165, 1.54) is 48.9 Å². The van der Waals surface area contributed by atoms with Crippen LogP contribution in [0.1, 0.15) is 0 Å². The minimum absolute atomic E-state index is 0.820. The lowest BCUT2D eigenvalue weighted by Crippen LogP contribution is -1.99. The summed E-state index contributed by atoms with van der Waals surface area (Å²) in [5, 5.41) is 7.52. The summed E-state index contributed by atoms with van der Waals surface area (Å²) in [5.74, 6) is 0.861. The molecule has 11 aromatic rings. The van der Waals surface area contributed by atoms with Crippen LogP contribution in [0.5, 0.6) is 0 Å². The van der Waals surface area contributed by atoms with Crippen molar-refractivity contribution in [2.45, 2.75) is 0 Å². The summed E-state index contributed by atoms with van der Waals surface area (Å²) in [6.07, 6.45) is 1.94. The van der Waals surface area contributed by atoms with Crippen molar-refractivity contribution >= 4 is 70.9 Å². The topological polar surface area (TPSA) is 48.0 Å². The monoisotopic (exact) mass is 611 g/mol. The number of hydrogen-bond donors (Lipinski definition) is 0. The maximum atomic E-state index is 5.13. The van der Waals surface area contributed by atoms with Gasteiger partial charge in [0, 0.05) is 44.3 Å². The van der Waals surface area contributed by atoms with E-state index in [1.807, 2.05) is 48.7 Å². The second-order valence-corrected chi connectivity index (χ2v) is 12.4. The van der Waals surface area contributed by atoms with Gasteiger partial charge in [-0.1, -0.05) is 97.1 Å². The van der Waals surface area contributed by atoms with Crippen LogP contribution in [0.2, 0.25) is 0 Å². The van der Waals surface area contributed by atoms with Gasteiger partial charge in [0.05, 0.1) is 50.0 Å². The third kappa shape index (κ3) is 3.37. The van der Waals surface area contributed by atoms with E-state index < -0.39 is 0 Å². The van der Waals surface area contributed by atoms with Gasteiger partial charge < -0.3 is 4.40 Å². The van der Waals surface area contributed by atoms with Crippen LogP contribution in [-0.4, -0.2) is 23.9 Å². The Morgan fingerprint density at radius 2 is 0.979 bits per heavy atom. The number of fused-ring (bicyclic) bond motifs is 6. The summed E-state index contributed by atoms with van der Waals surface area (Å²) in [5.41, 5.74) is 11.3. The molecule has 0 spiro atoms. The van der Waals surface area contributed by atoms with Crippen molar-refractivity contribution in [3.63, 3.8) is 0 Å². The molecule has 222 valence electrons. The van der Waals surface area contributed by atoms with Crippen LogP contribution in [0.3, 0.4) is 0 Å². The average molecular weight is 612 g/mol. The van der Waals surface area contributed by atoms with E-state index in [0.717, 1.165) is 50.4 Å². The highest BCUT2D eigenvalue weighted by Gasteiger charge is 2.22. The highest BCUT2D eigenvalue weighted by atomic mass is 15.1. The number of para-hydroxylation sites is 4. The molecule has 11 rings (SSSR count). The summed E-state index contributed by atoms with van der Waals surface area (Å²) in [6, 6.07) is 51.3. The fourth-order valence-corrected chi connectivity index (χ4v) is 7.89. The van der Waals surface area contributed by atoms with Crippen molar-refractivity contribution < 1.29 is 0 Å². The maximum Gasteiger partial charge on any atom is 0.137 e. The first-order chi connectivity index (χ1) is 23.8. The van der Waals surface area contributed by atoms with Gasteiger partial charge in [-0.15, -0.1) is 0 Å². The molecule has 0 aliphatic carbocycles. The quantitative estimate of drug-likeness (QED) is 0.200. The van der Waals surface area contributed by atoms with Crippen LogP contribution in [0.25, 0.3) is 99.3 Å². The van der Waals surface area contributed by atoms with Gasteiger partial charge >= 0.3 is 0 Å². The Balaban J connectivity index is 1.19. The molecule has 0 atom stereocenters. The number of nitrogens with zero attached hydrogens (tertiary/aromatic N) is 5. The lowest BCUT2D eigenvalue weighted by atomic mass is 10.0. The third-order valence-corrected chi connectivity index (χ3v) is 9.89. The minimum Gasteiger partial charge on any atom is -0.308 e. The minimum atomic E-state index is 0.820. The van der Waals surface area contributed by atoms with E-state index in [1.54, 1.807) is 0 Å². The maximum absolute atomic E-state index is 5.13. The highest BCUT2D eigenvalue weighted by molar-refractivity contribution is 6.31. The molecule has 0 saturated heterocycles. The number of pyridine rings is 1. The van der Waals surface area contributed by atoms with Gasteiger partial charge in [0.25, 0.3) is 0 Å². The first kappa shape index (κ1) is 25.6. The van der Waals surface area contributed by atoms with Gasteiger partial charge in [0.2, 0.25) is 0 Å². The van der Waals surface area contributed by atoms with Crippen molar-refractivity contribution in [1.29, 1.82) is 0 Å². The predicted molar refractivity (Wildman–Crippen MR) is 197 cm³/mol. The summed E-state index contributed by atoms with van der Waals surface area (Å²) < 4.78 is 4.77. The molecule has 5 heterocycles. The van der Waals surface area contributed by atoms with E-state index in [9.17, 15) is 0 Å². The largest absolute Gasteiger partial charge is 0.308 e. The van der Waals surface area contributed by atoms with Gasteiger partial charge in [0.15, 0.2) is 0 Å². The van der Waals surface area contributed by atoms with E-state index >= 15 is 0 Å². The normalized spacial score (nSPS) is 12.2. The number of aromatic nitrogens is 5.